The maximum atomic E-state index is 17.0. The molecule has 5 aliphatic rings. The molecule has 0 aliphatic carbocycles. The number of amides is 1. The van der Waals surface area contributed by atoms with Gasteiger partial charge in [0.1, 0.15) is 35.3 Å². The Morgan fingerprint density at radius 3 is 2.51 bits per heavy atom. The lowest BCUT2D eigenvalue weighted by Gasteiger charge is -2.42. The summed E-state index contributed by atoms with van der Waals surface area (Å²) in [5.41, 5.74) is 1.89. The Balaban J connectivity index is 0.773. The number of fused-ring (bicyclic) bond motifs is 4. The first-order chi connectivity index (χ1) is 30.6. The standard InChI is InChI=1S/C48H60FN9O5/c1-5-30-9-6-10-31-20-34(59)21-37(42(30)31)44-43(49)45-38(23-50-44)46(57-24-32-11-12-33(25-57)51-32)53-48(52-45)61-19-18-55-16-13-35(14-17-55)62-36-26-56(27-36)40-22-39(63-54-40)41(28(2)3)47(60)58-15-7-8-29(58)4/h6,9-10,20-23,28-29,32-33,35-36,41,51,59H,5,7-8,11-19,24-27H2,1-4H3. The van der Waals surface area contributed by atoms with E-state index < -0.39 is 5.82 Å². The Kier molecular flexibility index (Phi) is 11.6. The van der Waals surface area contributed by atoms with Crippen LogP contribution >= 0.6 is 0 Å². The van der Waals surface area contributed by atoms with Crippen LogP contribution in [0.15, 0.2) is 47.1 Å². The Labute approximate surface area is 368 Å². The minimum atomic E-state index is -0.557. The van der Waals surface area contributed by atoms with E-state index in [0.29, 0.717) is 47.8 Å². The average Bonchev–Trinajstić information content (AvgIpc) is 4.01. The molecule has 2 bridgehead atoms. The number of anilines is 2. The third-order valence-corrected chi connectivity index (χ3v) is 14.2. The highest BCUT2D eigenvalue weighted by atomic mass is 19.1. The van der Waals surface area contributed by atoms with Crippen LogP contribution in [0.2, 0.25) is 0 Å². The number of aryl methyl sites for hydroxylation is 1. The number of nitrogens with one attached hydrogen (secondary N) is 1. The van der Waals surface area contributed by atoms with Crippen LogP contribution in [-0.4, -0.2) is 130 Å². The van der Waals surface area contributed by atoms with Gasteiger partial charge in [-0.25, -0.2) is 4.39 Å². The van der Waals surface area contributed by atoms with Gasteiger partial charge >= 0.3 is 6.01 Å². The number of carbonyl (C=O) groups excluding carboxylic acids is 1. The normalized spacial score (nSPS) is 22.8. The highest BCUT2D eigenvalue weighted by Gasteiger charge is 2.39. The Morgan fingerprint density at radius 2 is 1.78 bits per heavy atom. The fourth-order valence-corrected chi connectivity index (χ4v) is 10.7. The second kappa shape index (κ2) is 17.5. The fourth-order valence-electron chi connectivity index (χ4n) is 10.7. The van der Waals surface area contributed by atoms with Crippen LogP contribution in [0, 0.1) is 11.7 Å². The minimum Gasteiger partial charge on any atom is -0.508 e. The molecule has 15 heteroatoms. The summed E-state index contributed by atoms with van der Waals surface area (Å²) in [5.74, 6) is 1.47. The molecule has 8 heterocycles. The maximum absolute atomic E-state index is 17.0. The van der Waals surface area contributed by atoms with E-state index in [0.717, 1.165) is 113 Å². The molecule has 0 spiro atoms. The number of pyridine rings is 1. The second-order valence-corrected chi connectivity index (χ2v) is 18.8. The summed E-state index contributed by atoms with van der Waals surface area (Å²) < 4.78 is 35.6. The lowest BCUT2D eigenvalue weighted by atomic mass is 9.91. The monoisotopic (exact) mass is 861 g/mol. The van der Waals surface area contributed by atoms with Gasteiger partial charge in [-0.05, 0) is 86.3 Å². The summed E-state index contributed by atoms with van der Waals surface area (Å²) in [6.07, 6.45) is 8.87. The van der Waals surface area contributed by atoms with Crippen LogP contribution in [0.25, 0.3) is 32.9 Å². The molecule has 334 valence electrons. The molecule has 2 aromatic carbocycles. The summed E-state index contributed by atoms with van der Waals surface area (Å²) >= 11 is 0. The maximum Gasteiger partial charge on any atom is 0.319 e. The van der Waals surface area contributed by atoms with Crippen molar-refractivity contribution in [3.8, 4) is 23.0 Å². The Bertz CT molecular complexity index is 2460. The molecule has 3 aromatic heterocycles. The topological polar surface area (TPSA) is 145 Å². The largest absolute Gasteiger partial charge is 0.508 e. The molecule has 1 amide bonds. The molecular weight excluding hydrogens is 802 g/mol. The van der Waals surface area contributed by atoms with Gasteiger partial charge in [0, 0.05) is 88.3 Å². The van der Waals surface area contributed by atoms with Crippen molar-refractivity contribution in [2.75, 3.05) is 68.8 Å². The first kappa shape index (κ1) is 41.9. The number of hydrogen-bond acceptors (Lipinski definition) is 13. The summed E-state index contributed by atoms with van der Waals surface area (Å²) in [6.45, 7) is 15.0. The van der Waals surface area contributed by atoms with E-state index in [-0.39, 0.29) is 59.0 Å². The van der Waals surface area contributed by atoms with Gasteiger partial charge < -0.3 is 39.1 Å². The number of benzene rings is 2. The lowest BCUT2D eigenvalue weighted by molar-refractivity contribution is -0.134. The van der Waals surface area contributed by atoms with Crippen molar-refractivity contribution < 1.29 is 28.3 Å². The highest BCUT2D eigenvalue weighted by molar-refractivity contribution is 6.01. The van der Waals surface area contributed by atoms with E-state index >= 15 is 4.39 Å². The molecule has 0 saturated carbocycles. The summed E-state index contributed by atoms with van der Waals surface area (Å²) in [4.78, 5) is 36.6. The highest BCUT2D eigenvalue weighted by Crippen LogP contribution is 2.39. The number of nitrogens with zero attached hydrogens (tertiary/aromatic N) is 8. The van der Waals surface area contributed by atoms with Gasteiger partial charge in [0.15, 0.2) is 17.4 Å². The predicted molar refractivity (Wildman–Crippen MR) is 240 cm³/mol. The number of halogens is 1. The van der Waals surface area contributed by atoms with Gasteiger partial charge in [-0.3, -0.25) is 14.7 Å². The second-order valence-electron chi connectivity index (χ2n) is 18.8. The quantitative estimate of drug-likeness (QED) is 0.130. The van der Waals surface area contributed by atoms with E-state index in [2.05, 4.69) is 52.9 Å². The number of piperazine rings is 1. The lowest BCUT2D eigenvalue weighted by Crippen LogP contribution is -2.54. The third kappa shape index (κ3) is 8.28. The number of phenolic OH excluding ortho intramolecular Hbond substituents is 1. The van der Waals surface area contributed by atoms with Crippen LogP contribution in [0.3, 0.4) is 0 Å². The molecule has 0 radical (unpaired) electrons. The number of carbonyl (C=O) groups is 1. The Morgan fingerprint density at radius 1 is 0.984 bits per heavy atom. The van der Waals surface area contributed by atoms with Crippen molar-refractivity contribution in [3.05, 3.63) is 59.7 Å². The molecule has 5 saturated heterocycles. The molecule has 2 N–H and O–H groups in total. The van der Waals surface area contributed by atoms with Crippen LogP contribution < -0.4 is 19.9 Å². The molecule has 63 heavy (non-hydrogen) atoms. The van der Waals surface area contributed by atoms with Crippen LogP contribution in [0.1, 0.15) is 83.5 Å². The summed E-state index contributed by atoms with van der Waals surface area (Å²) in [5, 5.41) is 21.0. The van der Waals surface area contributed by atoms with Crippen molar-refractivity contribution in [3.63, 3.8) is 0 Å². The molecule has 4 unspecified atom stereocenters. The summed E-state index contributed by atoms with van der Waals surface area (Å²) in [7, 11) is 0. The summed E-state index contributed by atoms with van der Waals surface area (Å²) in [6, 6.07) is 12.3. The van der Waals surface area contributed by atoms with E-state index in [1.54, 1.807) is 18.3 Å². The number of hydrogen-bond donors (Lipinski definition) is 2. The van der Waals surface area contributed by atoms with Crippen LogP contribution in [-0.2, 0) is 16.0 Å². The number of ether oxygens (including phenoxy) is 2. The van der Waals surface area contributed by atoms with Gasteiger partial charge in [0.05, 0.1) is 17.6 Å². The van der Waals surface area contributed by atoms with Crippen molar-refractivity contribution in [1.29, 1.82) is 0 Å². The smallest absolute Gasteiger partial charge is 0.319 e. The van der Waals surface area contributed by atoms with Crippen LogP contribution in [0.5, 0.6) is 11.8 Å². The van der Waals surface area contributed by atoms with Gasteiger partial charge in [-0.1, -0.05) is 44.1 Å². The zero-order valence-corrected chi connectivity index (χ0v) is 36.9. The molecule has 14 nitrogen and oxygen atoms in total. The molecule has 10 rings (SSSR count). The number of phenols is 1. The van der Waals surface area contributed by atoms with Crippen molar-refractivity contribution in [1.82, 2.24) is 35.2 Å². The van der Waals surface area contributed by atoms with E-state index in [1.165, 1.54) is 0 Å². The van der Waals surface area contributed by atoms with Gasteiger partial charge in [-0.15, -0.1) is 0 Å². The molecule has 5 aliphatic heterocycles. The van der Waals surface area contributed by atoms with Gasteiger partial charge in [-0.2, -0.15) is 9.97 Å². The predicted octanol–water partition coefficient (Wildman–Crippen LogP) is 6.68. The Hall–Kier alpha value is -5.12. The van der Waals surface area contributed by atoms with Crippen molar-refractivity contribution in [2.45, 2.75) is 109 Å². The van der Waals surface area contributed by atoms with Gasteiger partial charge in [0.2, 0.25) is 5.91 Å². The van der Waals surface area contributed by atoms with E-state index in [9.17, 15) is 9.90 Å². The van der Waals surface area contributed by atoms with E-state index in [1.807, 2.05) is 29.2 Å². The molecule has 5 aromatic rings. The number of likely N-dealkylation sites (tertiary alicyclic amines) is 2. The molecular formula is C48H60FN9O5. The van der Waals surface area contributed by atoms with Crippen molar-refractivity contribution in [2.24, 2.45) is 5.92 Å². The fraction of sp³-hybridized carbons (Fsp3) is 0.562. The minimum absolute atomic E-state index is 0.0517. The van der Waals surface area contributed by atoms with Crippen LogP contribution in [0.4, 0.5) is 16.0 Å². The molecule has 5 fully saturated rings. The first-order valence-corrected chi connectivity index (χ1v) is 23.2. The SMILES string of the molecule is CCc1cccc2cc(O)cc(-c3ncc4c(N5CC6CCC(C5)N6)nc(OCCN5CCC(OC6CN(c7cc(C(C(=O)N8CCCC8C)C(C)C)on7)C6)CC5)nc4c3F)c12. The number of piperidine rings is 1. The molecule has 4 atom stereocenters. The average molecular weight is 862 g/mol. The number of aromatic nitrogens is 4. The number of rotatable bonds is 13. The van der Waals surface area contributed by atoms with Crippen molar-refractivity contribution >= 4 is 39.2 Å². The van der Waals surface area contributed by atoms with E-state index in [4.69, 9.17) is 28.9 Å². The zero-order chi connectivity index (χ0) is 43.4. The number of aromatic hydroxyl groups is 1. The van der Waals surface area contributed by atoms with Gasteiger partial charge in [0.25, 0.3) is 0 Å². The third-order valence-electron chi connectivity index (χ3n) is 14.2. The zero-order valence-electron chi connectivity index (χ0n) is 36.9. The first-order valence-electron chi connectivity index (χ1n) is 23.2.